The molecule has 1 nitrogen and oxygen atoms in total. The van der Waals surface area contributed by atoms with Gasteiger partial charge in [-0.05, 0) is 11.6 Å². The van der Waals surface area contributed by atoms with Crippen molar-refractivity contribution in [1.29, 1.82) is 0 Å². The average molecular weight is 268 g/mol. The zero-order valence-electron chi connectivity index (χ0n) is 9.45. The average Bonchev–Trinajstić information content (AvgIpc) is 2.75. The summed E-state index contributed by atoms with van der Waals surface area (Å²) < 4.78 is 38.8. The van der Waals surface area contributed by atoms with Crippen LogP contribution in [0.25, 0.3) is 16.0 Å². The Labute approximate surface area is 106 Å². The van der Waals surface area contributed by atoms with Crippen molar-refractivity contribution in [3.63, 3.8) is 0 Å². The van der Waals surface area contributed by atoms with Crippen molar-refractivity contribution >= 4 is 11.3 Å². The zero-order valence-corrected chi connectivity index (χ0v) is 10.3. The lowest BCUT2D eigenvalue weighted by Gasteiger charge is -2.07. The molecule has 0 unspecified atom stereocenters. The van der Waals surface area contributed by atoms with Crippen LogP contribution in [0.15, 0.2) is 36.4 Å². The van der Waals surface area contributed by atoms with Crippen LogP contribution in [0.3, 0.4) is 0 Å². The maximum absolute atomic E-state index is 12.9. The number of hydrogen-bond donors (Lipinski definition) is 0. The highest BCUT2D eigenvalue weighted by Crippen LogP contribution is 2.42. The molecule has 0 bridgehead atoms. The maximum atomic E-state index is 12.9. The van der Waals surface area contributed by atoms with Gasteiger partial charge in [-0.2, -0.15) is 13.2 Å². The first-order valence-electron chi connectivity index (χ1n) is 5.13. The molecule has 1 aromatic carbocycles. The van der Waals surface area contributed by atoms with E-state index in [0.717, 1.165) is 0 Å². The number of halogens is 3. The number of rotatable bonds is 1. The quantitative estimate of drug-likeness (QED) is 0.703. The van der Waals surface area contributed by atoms with Gasteiger partial charge in [0, 0.05) is 5.56 Å². The second kappa shape index (κ2) is 4.83. The second-order valence-corrected chi connectivity index (χ2v) is 4.60. The summed E-state index contributed by atoms with van der Waals surface area (Å²) in [7, 11) is 1.48. The Hall–Kier alpha value is -1.80. The first kappa shape index (κ1) is 12.7. The van der Waals surface area contributed by atoms with Crippen molar-refractivity contribution in [1.82, 2.24) is 0 Å². The summed E-state index contributed by atoms with van der Waals surface area (Å²) in [4.78, 5) is 3.40. The van der Waals surface area contributed by atoms with Gasteiger partial charge in [-0.15, -0.1) is 11.3 Å². The summed E-state index contributed by atoms with van der Waals surface area (Å²) in [5.74, 6) is 0. The van der Waals surface area contributed by atoms with E-state index in [1.807, 2.05) is 0 Å². The van der Waals surface area contributed by atoms with Gasteiger partial charge in [0.15, 0.2) is 4.88 Å². The molecule has 1 aromatic heterocycles. The minimum Gasteiger partial charge on any atom is -0.165 e. The fraction of sp³-hybridized carbons (Fsp3) is 0.154. The van der Waals surface area contributed by atoms with Crippen LogP contribution >= 0.6 is 11.3 Å². The fourth-order valence-corrected chi connectivity index (χ4v) is 2.54. The largest absolute Gasteiger partial charge is 0.426 e. The number of hydrogen-bond acceptors (Lipinski definition) is 1. The molecule has 0 aliphatic carbocycles. The van der Waals surface area contributed by atoms with Crippen LogP contribution < -0.4 is 0 Å². The highest BCUT2D eigenvalue weighted by molar-refractivity contribution is 7.13. The third-order valence-electron chi connectivity index (χ3n) is 2.30. The van der Waals surface area contributed by atoms with E-state index < -0.39 is 11.1 Å². The van der Waals surface area contributed by atoms with Crippen molar-refractivity contribution in [2.45, 2.75) is 6.18 Å². The molecule has 5 heteroatoms. The molecule has 0 spiro atoms. The van der Waals surface area contributed by atoms with Gasteiger partial charge in [-0.3, -0.25) is 0 Å². The van der Waals surface area contributed by atoms with Crippen LogP contribution in [0.5, 0.6) is 0 Å². The van der Waals surface area contributed by atoms with E-state index in [4.69, 9.17) is 0 Å². The molecule has 0 amide bonds. The number of benzene rings is 1. The standard InChI is InChI=1S/C13H9F3NS/c1-17-8-10-7-11(9-5-3-2-4-6-9)12(18-10)13(14,15)16/h2-7H,1H3/q+1. The molecule has 92 valence electrons. The first-order chi connectivity index (χ1) is 8.52. The summed E-state index contributed by atoms with van der Waals surface area (Å²) in [5, 5.41) is 0. The molecule has 1 heterocycles. The van der Waals surface area contributed by atoms with Crippen molar-refractivity contribution in [3.05, 3.63) is 51.0 Å². The summed E-state index contributed by atoms with van der Waals surface area (Å²) in [5.41, 5.74) is 0.726. The predicted molar refractivity (Wildman–Crippen MR) is 67.0 cm³/mol. The third-order valence-corrected chi connectivity index (χ3v) is 3.38. The molecular weight excluding hydrogens is 259 g/mol. The lowest BCUT2D eigenvalue weighted by atomic mass is 10.1. The van der Waals surface area contributed by atoms with E-state index in [-0.39, 0.29) is 5.56 Å². The van der Waals surface area contributed by atoms with E-state index in [2.05, 4.69) is 10.9 Å². The van der Waals surface area contributed by atoms with Crippen molar-refractivity contribution in [2.75, 3.05) is 7.05 Å². The zero-order chi connectivity index (χ0) is 13.2. The van der Waals surface area contributed by atoms with Crippen molar-refractivity contribution in [2.24, 2.45) is 0 Å². The topological polar surface area (TPSA) is 4.36 Å². The fourth-order valence-electron chi connectivity index (χ4n) is 1.60. The van der Waals surface area contributed by atoms with Gasteiger partial charge >= 0.3 is 12.2 Å². The van der Waals surface area contributed by atoms with E-state index in [1.165, 1.54) is 13.1 Å². The highest BCUT2D eigenvalue weighted by Gasteiger charge is 2.36. The molecule has 2 aromatic rings. The van der Waals surface area contributed by atoms with Crippen molar-refractivity contribution < 1.29 is 13.2 Å². The van der Waals surface area contributed by atoms with Crippen LogP contribution in [0.1, 0.15) is 9.75 Å². The minimum atomic E-state index is -4.36. The van der Waals surface area contributed by atoms with Gasteiger partial charge in [-0.1, -0.05) is 35.2 Å². The Kier molecular flexibility index (Phi) is 3.39. The molecule has 0 saturated heterocycles. The summed E-state index contributed by atoms with van der Waals surface area (Å²) >= 11 is 0.656. The van der Waals surface area contributed by atoms with E-state index in [9.17, 15) is 13.2 Å². The van der Waals surface area contributed by atoms with Crippen LogP contribution in [-0.4, -0.2) is 7.05 Å². The molecule has 0 fully saturated rings. The molecule has 0 N–H and O–H groups in total. The minimum absolute atomic E-state index is 0.180. The molecule has 2 rings (SSSR count). The maximum Gasteiger partial charge on any atom is 0.426 e. The Balaban J connectivity index is 2.61. The van der Waals surface area contributed by atoms with Gasteiger partial charge < -0.3 is 0 Å². The van der Waals surface area contributed by atoms with Gasteiger partial charge in [0.25, 0.3) is 7.05 Å². The number of nitrogens with zero attached hydrogens (tertiary/aromatic N) is 1. The predicted octanol–water partition coefficient (Wildman–Crippen LogP) is 4.74. The van der Waals surface area contributed by atoms with E-state index in [1.54, 1.807) is 30.3 Å². The van der Waals surface area contributed by atoms with Crippen LogP contribution in [0, 0.1) is 6.07 Å². The number of thiophene rings is 1. The number of alkyl halides is 3. The molecule has 0 aliphatic rings. The summed E-state index contributed by atoms with van der Waals surface area (Å²) in [6.07, 6.45) is -4.36. The van der Waals surface area contributed by atoms with Crippen LogP contribution in [0.4, 0.5) is 13.2 Å². The Morgan fingerprint density at radius 1 is 1.17 bits per heavy atom. The first-order valence-corrected chi connectivity index (χ1v) is 5.95. The van der Waals surface area contributed by atoms with E-state index in [0.29, 0.717) is 21.8 Å². The Morgan fingerprint density at radius 3 is 2.39 bits per heavy atom. The molecule has 0 atom stereocenters. The third kappa shape index (κ3) is 2.54. The molecular formula is C13H9F3NS+. The van der Waals surface area contributed by atoms with Crippen LogP contribution in [-0.2, 0) is 6.18 Å². The van der Waals surface area contributed by atoms with E-state index >= 15 is 0 Å². The molecule has 0 radical (unpaired) electrons. The lowest BCUT2D eigenvalue weighted by molar-refractivity contribution is -0.133. The van der Waals surface area contributed by atoms with Gasteiger partial charge in [0.1, 0.15) is 4.88 Å². The molecule has 0 aliphatic heterocycles. The Morgan fingerprint density at radius 2 is 1.83 bits per heavy atom. The van der Waals surface area contributed by atoms with Gasteiger partial charge in [-0.25, -0.2) is 0 Å². The molecule has 18 heavy (non-hydrogen) atoms. The highest BCUT2D eigenvalue weighted by atomic mass is 32.1. The van der Waals surface area contributed by atoms with Gasteiger partial charge in [0.05, 0.1) is 0 Å². The smallest absolute Gasteiger partial charge is 0.165 e. The molecule has 0 saturated carbocycles. The monoisotopic (exact) mass is 268 g/mol. The lowest BCUT2D eigenvalue weighted by Crippen LogP contribution is -2.03. The second-order valence-electron chi connectivity index (χ2n) is 3.55. The van der Waals surface area contributed by atoms with Gasteiger partial charge in [0.2, 0.25) is 0 Å². The SMILES string of the molecule is C[N+]#Cc1cc(-c2ccccc2)c(C(F)(F)F)s1. The summed E-state index contributed by atoms with van der Waals surface area (Å²) in [6.45, 7) is 0. The van der Waals surface area contributed by atoms with Crippen molar-refractivity contribution in [3.8, 4) is 17.2 Å². The normalized spacial score (nSPS) is 10.9. The summed E-state index contributed by atoms with van der Waals surface area (Å²) in [6, 6.07) is 12.5. The van der Waals surface area contributed by atoms with Crippen LogP contribution in [0.2, 0.25) is 0 Å². The Bertz CT molecular complexity index is 603.